The standard InChI is InChI=1S/C23H37N2O9P.C21H33N2O11P.C3H8.C2H6.2CH5N.H2S/c1-16(24-14-26)11-12-25(8)18-10-9-17(33-18)13-31-35(21(29)34-20(28)23(5,6)7)32-15-30-19(27)22(2,3)4;1-20(2,3)17(25)29-12-32-35(28,33-13-30-18(26)21(4,5)6)31-11-14-7-8-16(34-14)23-10-9-15(24)22-19(23)27;1-3-2;3*1-2;/h11-12,14,17-18H,1,9-10,13,15H2,2-8H3,(H,24,26);9-10,14,16H,7-8,11-13H2,1-6H3,(H,22,24,27);3H2,1-2H3;1-2H3;2*2H2,1H3;1H2/b12-11-;;;;;;. The van der Waals surface area contributed by atoms with Crippen molar-refractivity contribution in [3.05, 3.63) is 57.7 Å². The van der Waals surface area contributed by atoms with Crippen LogP contribution in [0.15, 0.2) is 46.4 Å². The molecule has 1 amide bonds. The number of hydrogen-bond donors (Lipinski definition) is 4. The highest BCUT2D eigenvalue weighted by molar-refractivity contribution is 7.65. The van der Waals surface area contributed by atoms with Crippen molar-refractivity contribution in [1.82, 2.24) is 19.8 Å². The summed E-state index contributed by atoms with van der Waals surface area (Å²) in [7, 11) is -1.89. The number of allylic oxidation sites excluding steroid dienone is 1. The topological polar surface area (TPSA) is 343 Å². The van der Waals surface area contributed by atoms with Crippen molar-refractivity contribution >= 4 is 65.7 Å². The number of nitrogens with one attached hydrogen (secondary N) is 2. The van der Waals surface area contributed by atoms with E-state index in [1.807, 2.05) is 25.8 Å². The molecule has 0 bridgehead atoms. The second-order valence-corrected chi connectivity index (χ2v) is 23.6. The maximum Gasteiger partial charge on any atom is 0.480 e. The normalized spacial score (nSPS) is 17.1. The van der Waals surface area contributed by atoms with E-state index in [-0.39, 0.29) is 39.0 Å². The van der Waals surface area contributed by atoms with E-state index in [1.54, 1.807) is 95.4 Å². The van der Waals surface area contributed by atoms with Crippen molar-refractivity contribution in [3.63, 3.8) is 0 Å². The van der Waals surface area contributed by atoms with Gasteiger partial charge in [0.25, 0.3) is 13.9 Å². The van der Waals surface area contributed by atoms with Gasteiger partial charge >= 0.3 is 43.1 Å². The van der Waals surface area contributed by atoms with E-state index in [4.69, 9.17) is 51.0 Å². The Morgan fingerprint density at radius 2 is 1.20 bits per heavy atom. The van der Waals surface area contributed by atoms with Crippen LogP contribution in [0.2, 0.25) is 0 Å². The molecule has 2 aliphatic rings. The molecular weight excluding hydrogens is 1110 g/mol. The lowest BCUT2D eigenvalue weighted by molar-refractivity contribution is -0.164. The van der Waals surface area contributed by atoms with E-state index < -0.39 is 111 Å². The Morgan fingerprint density at radius 1 is 0.750 bits per heavy atom. The Morgan fingerprint density at radius 3 is 1.65 bits per heavy atom. The summed E-state index contributed by atoms with van der Waals surface area (Å²) >= 11 is 0. The molecular formula is C51H96N6O20P2S. The van der Waals surface area contributed by atoms with Gasteiger partial charge in [0.15, 0.2) is 6.79 Å². The molecule has 5 unspecified atom stereocenters. The average molecular weight is 1210 g/mol. The van der Waals surface area contributed by atoms with Gasteiger partial charge in [0, 0.05) is 31.2 Å². The van der Waals surface area contributed by atoms with Gasteiger partial charge in [0.2, 0.25) is 20.0 Å². The van der Waals surface area contributed by atoms with Crippen molar-refractivity contribution in [2.75, 3.05) is 54.7 Å². The van der Waals surface area contributed by atoms with Crippen LogP contribution in [-0.2, 0) is 79.6 Å². The van der Waals surface area contributed by atoms with E-state index in [0.29, 0.717) is 37.8 Å². The van der Waals surface area contributed by atoms with Crippen molar-refractivity contribution in [2.45, 2.75) is 168 Å². The molecule has 0 radical (unpaired) electrons. The monoisotopic (exact) mass is 1210 g/mol. The molecule has 466 valence electrons. The number of amides is 1. The maximum absolute atomic E-state index is 13.1. The third-order valence-electron chi connectivity index (χ3n) is 9.28. The van der Waals surface area contributed by atoms with Gasteiger partial charge in [-0.15, -0.1) is 0 Å². The number of carbonyl (C=O) groups excluding carboxylic acids is 6. The smallest absolute Gasteiger partial charge is 0.438 e. The van der Waals surface area contributed by atoms with E-state index in [2.05, 4.69) is 42.2 Å². The number of nitrogens with zero attached hydrogens (tertiary/aromatic N) is 2. The number of nitrogens with two attached hydrogens (primary N) is 2. The molecule has 5 atom stereocenters. The second-order valence-electron chi connectivity index (χ2n) is 20.6. The van der Waals surface area contributed by atoms with Crippen LogP contribution in [0, 0.1) is 21.7 Å². The third kappa shape index (κ3) is 34.8. The Labute approximate surface area is 481 Å². The van der Waals surface area contributed by atoms with Crippen LogP contribution in [0.4, 0.5) is 4.79 Å². The number of hydrogen-bond acceptors (Lipinski definition) is 23. The number of carbonyl (C=O) groups is 6. The summed E-state index contributed by atoms with van der Waals surface area (Å²) in [6.07, 6.45) is 6.83. The van der Waals surface area contributed by atoms with E-state index >= 15 is 0 Å². The van der Waals surface area contributed by atoms with Gasteiger partial charge in [0.05, 0.1) is 47.1 Å². The summed E-state index contributed by atoms with van der Waals surface area (Å²) in [5.74, 6) is -2.45. The lowest BCUT2D eigenvalue weighted by Crippen LogP contribution is -2.31. The first-order chi connectivity index (χ1) is 36.7. The Balaban J connectivity index is -0.000000624. The molecule has 0 saturated carbocycles. The van der Waals surface area contributed by atoms with Crippen LogP contribution in [-0.4, -0.2) is 124 Å². The first-order valence-corrected chi connectivity index (χ1v) is 28.3. The van der Waals surface area contributed by atoms with Gasteiger partial charge in [0.1, 0.15) is 12.5 Å². The van der Waals surface area contributed by atoms with Crippen LogP contribution in [0.3, 0.4) is 0 Å². The first kappa shape index (κ1) is 82.1. The van der Waals surface area contributed by atoms with Gasteiger partial charge in [-0.2, -0.15) is 13.5 Å². The number of esters is 4. The molecule has 80 heavy (non-hydrogen) atoms. The average Bonchev–Trinajstić information content (AvgIpc) is 4.05. The molecule has 3 rings (SSSR count). The Kier molecular flexibility index (Phi) is 42.7. The highest BCUT2D eigenvalue weighted by atomic mass is 32.1. The fourth-order valence-corrected chi connectivity index (χ4v) is 6.95. The summed E-state index contributed by atoms with van der Waals surface area (Å²) in [5, 5.41) is 2.44. The minimum atomic E-state index is -4.35. The number of phosphoric ester groups is 1. The van der Waals surface area contributed by atoms with Crippen molar-refractivity contribution in [2.24, 2.45) is 33.1 Å². The summed E-state index contributed by atoms with van der Waals surface area (Å²) in [4.78, 5) is 98.1. The number of aromatic amines is 1. The minimum Gasteiger partial charge on any atom is -0.438 e. The zero-order valence-corrected chi connectivity index (χ0v) is 53.4. The molecule has 2 aliphatic heterocycles. The van der Waals surface area contributed by atoms with Crippen LogP contribution >= 0.6 is 29.7 Å². The highest BCUT2D eigenvalue weighted by Gasteiger charge is 2.37. The SMILES string of the molecule is C=C(/C=C\N(C)C1CCC(COP(OCOC(=O)C(C)(C)C)C(=O)OC(=O)C(C)(C)C)O1)NC=O.CC.CC(C)(C)C(=O)OCOP(=O)(OCOC(=O)C(C)(C)C)OCC1CCC(n2ccc(=O)[nH]c2=O)O1.CCC.CN.CN.S. The number of rotatable bonds is 22. The molecule has 1 aromatic rings. The largest absolute Gasteiger partial charge is 0.480 e. The molecule has 1 aromatic heterocycles. The Bertz CT molecular complexity index is 2150. The Hall–Kier alpha value is -4.37. The van der Waals surface area contributed by atoms with Crippen molar-refractivity contribution in [3.8, 4) is 0 Å². The molecule has 2 saturated heterocycles. The van der Waals surface area contributed by atoms with Gasteiger partial charge in [-0.05, 0) is 129 Å². The first-order valence-electron chi connectivity index (χ1n) is 25.6. The summed E-state index contributed by atoms with van der Waals surface area (Å²) < 4.78 is 72.4. The van der Waals surface area contributed by atoms with Crippen LogP contribution in [0.5, 0.6) is 0 Å². The summed E-state index contributed by atoms with van der Waals surface area (Å²) in [5.41, 5.74) is 4.01. The van der Waals surface area contributed by atoms with Crippen LogP contribution in [0.1, 0.15) is 149 Å². The molecule has 29 heteroatoms. The molecule has 26 nitrogen and oxygen atoms in total. The van der Waals surface area contributed by atoms with Gasteiger partial charge in [-0.1, -0.05) is 40.7 Å². The van der Waals surface area contributed by atoms with Gasteiger partial charge in [-0.3, -0.25) is 47.4 Å². The minimum absolute atomic E-state index is 0. The van der Waals surface area contributed by atoms with Crippen molar-refractivity contribution < 1.29 is 84.4 Å². The number of aromatic nitrogens is 2. The highest BCUT2D eigenvalue weighted by Crippen LogP contribution is 2.50. The predicted molar refractivity (Wildman–Crippen MR) is 307 cm³/mol. The molecule has 0 spiro atoms. The predicted octanol–water partition coefficient (Wildman–Crippen LogP) is 7.97. The lowest BCUT2D eigenvalue weighted by atomic mass is 9.98. The number of phosphoric acid groups is 1. The van der Waals surface area contributed by atoms with E-state index in [1.165, 1.54) is 37.3 Å². The molecule has 6 N–H and O–H groups in total. The summed E-state index contributed by atoms with van der Waals surface area (Å²) in [6.45, 7) is 29.4. The third-order valence-corrected chi connectivity index (χ3v) is 11.7. The summed E-state index contributed by atoms with van der Waals surface area (Å²) in [6, 6.07) is 1.20. The maximum atomic E-state index is 13.1. The zero-order valence-electron chi connectivity index (χ0n) is 50.6. The molecule has 0 aromatic carbocycles. The molecule has 3 heterocycles. The molecule has 2 fully saturated rings. The lowest BCUT2D eigenvalue weighted by Gasteiger charge is -2.24. The molecule has 0 aliphatic carbocycles. The fourth-order valence-electron chi connectivity index (χ4n) is 5.12. The number of ether oxygens (including phenoxy) is 6. The second kappa shape index (κ2) is 41.6. The number of H-pyrrole nitrogens is 1. The van der Waals surface area contributed by atoms with Crippen LogP contribution in [0.25, 0.3) is 0 Å². The van der Waals surface area contributed by atoms with Crippen LogP contribution < -0.4 is 28.0 Å². The fraction of sp³-hybridized carbons (Fsp3) is 0.725. The van der Waals surface area contributed by atoms with Crippen molar-refractivity contribution in [1.29, 1.82) is 0 Å². The zero-order chi connectivity index (χ0) is 62.0. The quantitative estimate of drug-likeness (QED) is 0.0163. The van der Waals surface area contributed by atoms with E-state index in [0.717, 1.165) is 0 Å². The van der Waals surface area contributed by atoms with E-state index in [9.17, 15) is 42.9 Å². The van der Waals surface area contributed by atoms with Gasteiger partial charge < -0.3 is 54.6 Å². The van der Waals surface area contributed by atoms with Gasteiger partial charge in [-0.25, -0.2) is 23.2 Å².